The Labute approximate surface area is 177 Å². The van der Waals surface area contributed by atoms with Crippen molar-refractivity contribution in [3.05, 3.63) is 76.1 Å². The zero-order chi connectivity index (χ0) is 22.0. The lowest BCUT2D eigenvalue weighted by Crippen LogP contribution is -2.37. The summed E-state index contributed by atoms with van der Waals surface area (Å²) in [6.45, 7) is 0.982. The maximum atomic E-state index is 13.4. The van der Waals surface area contributed by atoms with Crippen molar-refractivity contribution in [2.24, 2.45) is 0 Å². The molecule has 0 aliphatic carbocycles. The summed E-state index contributed by atoms with van der Waals surface area (Å²) in [6, 6.07) is 11.2. The van der Waals surface area contributed by atoms with Crippen LogP contribution in [0.3, 0.4) is 0 Å². The highest BCUT2D eigenvalue weighted by atomic mass is 19.2. The summed E-state index contributed by atoms with van der Waals surface area (Å²) in [5.74, 6) is -2.87. The number of carbonyl (C=O) groups excluding carboxylic acids is 2. The Hall–Kier alpha value is -3.55. The van der Waals surface area contributed by atoms with E-state index in [1.807, 2.05) is 0 Å². The minimum Gasteiger partial charge on any atom is -0.339 e. The molecule has 4 rings (SSSR count). The number of hydrogen-bond donors (Lipinski definition) is 1. The van der Waals surface area contributed by atoms with Crippen LogP contribution in [0, 0.1) is 11.6 Å². The van der Waals surface area contributed by atoms with Crippen molar-refractivity contribution in [2.45, 2.75) is 25.8 Å². The van der Waals surface area contributed by atoms with E-state index in [1.54, 1.807) is 29.2 Å². The van der Waals surface area contributed by atoms with Gasteiger partial charge in [0.25, 0.3) is 11.5 Å². The Morgan fingerprint density at radius 2 is 1.68 bits per heavy atom. The first-order chi connectivity index (χ1) is 14.9. The topological polar surface area (TPSA) is 71.4 Å². The molecule has 0 unspecified atom stereocenters. The number of rotatable bonds is 4. The molecule has 1 aliphatic heterocycles. The molecule has 0 bridgehead atoms. The standard InChI is InChI=1S/C23H21F2N3O3/c24-18-9-8-15(12-19(18)25)26-21(29)14-28-20-7-3-2-6-16(20)17(13-22(28)30)23(31)27-10-4-1-5-11-27/h2-3,6-9,12-13H,1,4-5,10-11,14H2,(H,26,29). The lowest BCUT2D eigenvalue weighted by atomic mass is 10.0. The zero-order valence-electron chi connectivity index (χ0n) is 16.7. The summed E-state index contributed by atoms with van der Waals surface area (Å²) < 4.78 is 27.7. The zero-order valence-corrected chi connectivity index (χ0v) is 16.7. The minimum absolute atomic E-state index is 0.0816. The second-order valence-corrected chi connectivity index (χ2v) is 7.53. The number of likely N-dealkylation sites (tertiary alicyclic amines) is 1. The fraction of sp³-hybridized carbons (Fsp3) is 0.261. The van der Waals surface area contributed by atoms with E-state index in [9.17, 15) is 23.2 Å². The Kier molecular flexibility index (Phi) is 5.79. The van der Waals surface area contributed by atoms with Gasteiger partial charge in [0.15, 0.2) is 11.6 Å². The molecular weight excluding hydrogens is 404 g/mol. The number of carbonyl (C=O) groups is 2. The average Bonchev–Trinajstić information content (AvgIpc) is 2.78. The van der Waals surface area contributed by atoms with E-state index in [-0.39, 0.29) is 18.1 Å². The number of nitrogens with zero attached hydrogens (tertiary/aromatic N) is 2. The van der Waals surface area contributed by atoms with E-state index in [0.717, 1.165) is 31.4 Å². The molecule has 2 aromatic carbocycles. The quantitative estimate of drug-likeness (QED) is 0.695. The molecule has 0 radical (unpaired) electrons. The second kappa shape index (κ2) is 8.67. The summed E-state index contributed by atoms with van der Waals surface area (Å²) in [4.78, 5) is 40.1. The van der Waals surface area contributed by atoms with E-state index in [4.69, 9.17) is 0 Å². The van der Waals surface area contributed by atoms with Crippen molar-refractivity contribution in [1.29, 1.82) is 0 Å². The van der Waals surface area contributed by atoms with Crippen LogP contribution in [0.25, 0.3) is 10.9 Å². The Morgan fingerprint density at radius 3 is 2.42 bits per heavy atom. The van der Waals surface area contributed by atoms with E-state index in [2.05, 4.69) is 5.32 Å². The van der Waals surface area contributed by atoms with Crippen LogP contribution in [0.2, 0.25) is 0 Å². The van der Waals surface area contributed by atoms with Gasteiger partial charge in [0.05, 0.1) is 11.1 Å². The predicted molar refractivity (Wildman–Crippen MR) is 113 cm³/mol. The number of halogens is 2. The molecule has 1 saturated heterocycles. The van der Waals surface area contributed by atoms with Gasteiger partial charge in [0.1, 0.15) is 6.54 Å². The van der Waals surface area contributed by atoms with E-state index in [1.165, 1.54) is 16.7 Å². The summed E-state index contributed by atoms with van der Waals surface area (Å²) in [7, 11) is 0. The third kappa shape index (κ3) is 4.33. The Bertz CT molecular complexity index is 1220. The molecule has 1 N–H and O–H groups in total. The molecular formula is C23H21F2N3O3. The number of aromatic nitrogens is 1. The van der Waals surface area contributed by atoms with Crippen LogP contribution in [-0.4, -0.2) is 34.4 Å². The molecule has 31 heavy (non-hydrogen) atoms. The van der Waals surface area contributed by atoms with Crippen molar-refractivity contribution in [3.8, 4) is 0 Å². The van der Waals surface area contributed by atoms with Gasteiger partial charge in [-0.25, -0.2) is 8.78 Å². The van der Waals surface area contributed by atoms with Crippen LogP contribution in [0.1, 0.15) is 29.6 Å². The van der Waals surface area contributed by atoms with Crippen LogP contribution in [0.15, 0.2) is 53.3 Å². The van der Waals surface area contributed by atoms with Crippen molar-refractivity contribution >= 4 is 28.4 Å². The third-order valence-corrected chi connectivity index (χ3v) is 5.40. The maximum Gasteiger partial charge on any atom is 0.254 e. The normalized spacial score (nSPS) is 13.9. The summed E-state index contributed by atoms with van der Waals surface area (Å²) >= 11 is 0. The number of hydrogen-bond acceptors (Lipinski definition) is 3. The van der Waals surface area contributed by atoms with Gasteiger partial charge in [-0.1, -0.05) is 18.2 Å². The van der Waals surface area contributed by atoms with Crippen LogP contribution in [0.4, 0.5) is 14.5 Å². The lowest BCUT2D eigenvalue weighted by molar-refractivity contribution is -0.116. The lowest BCUT2D eigenvalue weighted by Gasteiger charge is -2.27. The second-order valence-electron chi connectivity index (χ2n) is 7.53. The summed E-state index contributed by atoms with van der Waals surface area (Å²) in [5.41, 5.74) is 0.369. The van der Waals surface area contributed by atoms with E-state index in [0.29, 0.717) is 29.6 Å². The van der Waals surface area contributed by atoms with Crippen LogP contribution in [-0.2, 0) is 11.3 Å². The number of para-hydroxylation sites is 1. The van der Waals surface area contributed by atoms with Crippen molar-refractivity contribution in [1.82, 2.24) is 9.47 Å². The molecule has 1 aromatic heterocycles. The Balaban J connectivity index is 1.65. The van der Waals surface area contributed by atoms with Gasteiger partial charge in [-0.05, 0) is 37.5 Å². The number of nitrogens with one attached hydrogen (secondary N) is 1. The van der Waals surface area contributed by atoms with Crippen LogP contribution in [0.5, 0.6) is 0 Å². The van der Waals surface area contributed by atoms with Gasteiger partial charge in [0, 0.05) is 36.3 Å². The molecule has 6 nitrogen and oxygen atoms in total. The van der Waals surface area contributed by atoms with Gasteiger partial charge in [-0.3, -0.25) is 19.0 Å². The third-order valence-electron chi connectivity index (χ3n) is 5.40. The number of fused-ring (bicyclic) bond motifs is 1. The molecule has 2 heterocycles. The molecule has 3 aromatic rings. The van der Waals surface area contributed by atoms with Gasteiger partial charge >= 0.3 is 0 Å². The van der Waals surface area contributed by atoms with Gasteiger partial charge in [0.2, 0.25) is 5.91 Å². The first-order valence-electron chi connectivity index (χ1n) is 10.1. The van der Waals surface area contributed by atoms with E-state index < -0.39 is 23.1 Å². The monoisotopic (exact) mass is 425 g/mol. The fourth-order valence-electron chi connectivity index (χ4n) is 3.86. The average molecular weight is 425 g/mol. The number of piperidine rings is 1. The van der Waals surface area contributed by atoms with Gasteiger partial charge < -0.3 is 10.2 Å². The first kappa shape index (κ1) is 20.7. The molecule has 8 heteroatoms. The molecule has 0 atom stereocenters. The SMILES string of the molecule is O=C(Cn1c(=O)cc(C(=O)N2CCCCC2)c2ccccc21)Nc1ccc(F)c(F)c1. The van der Waals surface area contributed by atoms with Gasteiger partial charge in [-0.15, -0.1) is 0 Å². The van der Waals surface area contributed by atoms with Crippen molar-refractivity contribution in [2.75, 3.05) is 18.4 Å². The van der Waals surface area contributed by atoms with Crippen molar-refractivity contribution < 1.29 is 18.4 Å². The smallest absolute Gasteiger partial charge is 0.254 e. The predicted octanol–water partition coefficient (Wildman–Crippen LogP) is 3.54. The molecule has 1 fully saturated rings. The van der Waals surface area contributed by atoms with Crippen molar-refractivity contribution in [3.63, 3.8) is 0 Å². The molecule has 2 amide bonds. The number of anilines is 1. The fourth-order valence-corrected chi connectivity index (χ4v) is 3.86. The first-order valence-corrected chi connectivity index (χ1v) is 10.1. The van der Waals surface area contributed by atoms with Crippen LogP contribution < -0.4 is 10.9 Å². The van der Waals surface area contributed by atoms with E-state index >= 15 is 0 Å². The minimum atomic E-state index is -1.08. The number of benzene rings is 2. The molecule has 0 spiro atoms. The number of pyridine rings is 1. The summed E-state index contributed by atoms with van der Waals surface area (Å²) in [6.07, 6.45) is 2.95. The largest absolute Gasteiger partial charge is 0.339 e. The van der Waals surface area contributed by atoms with Gasteiger partial charge in [-0.2, -0.15) is 0 Å². The Morgan fingerprint density at radius 1 is 0.935 bits per heavy atom. The molecule has 160 valence electrons. The highest BCUT2D eigenvalue weighted by molar-refractivity contribution is 6.06. The highest BCUT2D eigenvalue weighted by Gasteiger charge is 2.22. The highest BCUT2D eigenvalue weighted by Crippen LogP contribution is 2.21. The molecule has 1 aliphatic rings. The molecule has 0 saturated carbocycles. The number of amides is 2. The summed E-state index contributed by atoms with van der Waals surface area (Å²) in [5, 5.41) is 3.04. The van der Waals surface area contributed by atoms with Crippen LogP contribution >= 0.6 is 0 Å². The maximum absolute atomic E-state index is 13.4.